The molecule has 5 nitrogen and oxygen atoms in total. The van der Waals surface area contributed by atoms with Crippen LogP contribution in [0, 0.1) is 11.6 Å². The second-order valence-corrected chi connectivity index (χ2v) is 3.91. The molecule has 3 N–H and O–H groups in total. The van der Waals surface area contributed by atoms with Crippen molar-refractivity contribution >= 4 is 6.03 Å². The van der Waals surface area contributed by atoms with Gasteiger partial charge in [-0.25, -0.2) is 13.6 Å². The minimum absolute atomic E-state index is 0.00526. The summed E-state index contributed by atoms with van der Waals surface area (Å²) >= 11 is 0. The van der Waals surface area contributed by atoms with Crippen LogP contribution in [0.2, 0.25) is 0 Å². The lowest BCUT2D eigenvalue weighted by Crippen LogP contribution is -2.40. The summed E-state index contributed by atoms with van der Waals surface area (Å²) in [6.45, 7) is -0.0418. The number of hydrogen-bond donors (Lipinski definition) is 3. The highest BCUT2D eigenvalue weighted by Gasteiger charge is 2.08. The summed E-state index contributed by atoms with van der Waals surface area (Å²) in [6, 6.07) is 2.42. The highest BCUT2D eigenvalue weighted by atomic mass is 19.1. The predicted octanol–water partition coefficient (Wildman–Crippen LogP) is 0.771. The van der Waals surface area contributed by atoms with E-state index in [2.05, 4.69) is 15.4 Å². The molecule has 7 heteroatoms. The number of aliphatic hydroxyl groups is 1. The van der Waals surface area contributed by atoms with Crippen LogP contribution in [0.3, 0.4) is 0 Å². The minimum Gasteiger partial charge on any atom is -0.389 e. The zero-order chi connectivity index (χ0) is 14.3. The van der Waals surface area contributed by atoms with Gasteiger partial charge in [0.2, 0.25) is 0 Å². The molecule has 1 rings (SSSR count). The molecule has 0 aliphatic carbocycles. The van der Waals surface area contributed by atoms with Gasteiger partial charge in [0.05, 0.1) is 12.7 Å². The average molecular weight is 274 g/mol. The Labute approximate surface area is 109 Å². The third kappa shape index (κ3) is 5.62. The molecule has 19 heavy (non-hydrogen) atoms. The smallest absolute Gasteiger partial charge is 0.315 e. The summed E-state index contributed by atoms with van der Waals surface area (Å²) in [6.07, 6.45) is -0.818. The first kappa shape index (κ1) is 15.3. The van der Waals surface area contributed by atoms with Crippen LogP contribution in [-0.2, 0) is 11.3 Å². The molecule has 1 aromatic rings. The van der Waals surface area contributed by atoms with Crippen LogP contribution in [0.5, 0.6) is 0 Å². The Bertz CT molecular complexity index is 429. The van der Waals surface area contributed by atoms with Gasteiger partial charge in [-0.3, -0.25) is 0 Å². The lowest BCUT2D eigenvalue weighted by molar-refractivity contribution is 0.0660. The third-order valence-corrected chi connectivity index (χ3v) is 2.30. The number of hydrogen-bond acceptors (Lipinski definition) is 3. The zero-order valence-corrected chi connectivity index (χ0v) is 10.5. The molecule has 1 aromatic carbocycles. The molecule has 0 saturated carbocycles. The van der Waals surface area contributed by atoms with E-state index in [-0.39, 0.29) is 25.3 Å². The molecule has 106 valence electrons. The number of ether oxygens (including phenoxy) is 1. The number of aliphatic hydroxyl groups excluding tert-OH is 1. The van der Waals surface area contributed by atoms with Crippen molar-refractivity contribution in [1.29, 1.82) is 0 Å². The molecule has 0 spiro atoms. The van der Waals surface area contributed by atoms with E-state index in [1.54, 1.807) is 0 Å². The summed E-state index contributed by atoms with van der Waals surface area (Å²) in [5.41, 5.74) is 0.0487. The number of halogens is 2. The summed E-state index contributed by atoms with van der Waals surface area (Å²) in [5.74, 6) is -1.17. The first-order valence-electron chi connectivity index (χ1n) is 5.65. The van der Waals surface area contributed by atoms with E-state index in [9.17, 15) is 18.7 Å². The Morgan fingerprint density at radius 2 is 2.16 bits per heavy atom. The Hall–Kier alpha value is -1.73. The van der Waals surface area contributed by atoms with Crippen molar-refractivity contribution in [3.63, 3.8) is 0 Å². The van der Waals surface area contributed by atoms with Gasteiger partial charge < -0.3 is 20.5 Å². The van der Waals surface area contributed by atoms with Crippen molar-refractivity contribution in [3.05, 3.63) is 35.4 Å². The number of benzene rings is 1. The van der Waals surface area contributed by atoms with Crippen molar-refractivity contribution in [2.24, 2.45) is 0 Å². The average Bonchev–Trinajstić information content (AvgIpc) is 2.38. The Morgan fingerprint density at radius 3 is 2.84 bits per heavy atom. The fourth-order valence-electron chi connectivity index (χ4n) is 1.38. The van der Waals surface area contributed by atoms with Crippen molar-refractivity contribution in [3.8, 4) is 0 Å². The topological polar surface area (TPSA) is 70.6 Å². The van der Waals surface area contributed by atoms with Crippen molar-refractivity contribution in [1.82, 2.24) is 10.6 Å². The van der Waals surface area contributed by atoms with Gasteiger partial charge in [-0.15, -0.1) is 0 Å². The number of amides is 2. The molecule has 0 heterocycles. The lowest BCUT2D eigenvalue weighted by atomic mass is 10.2. The monoisotopic (exact) mass is 274 g/mol. The van der Waals surface area contributed by atoms with E-state index in [1.807, 2.05) is 0 Å². The molecule has 0 saturated heterocycles. The van der Waals surface area contributed by atoms with Crippen LogP contribution in [-0.4, -0.2) is 37.5 Å². The molecule has 0 bridgehead atoms. The minimum atomic E-state index is -0.818. The first-order valence-corrected chi connectivity index (χ1v) is 5.65. The Kier molecular flexibility index (Phi) is 6.17. The van der Waals surface area contributed by atoms with E-state index in [4.69, 9.17) is 0 Å². The normalized spacial score (nSPS) is 12.0. The molecular formula is C12H16F2N2O3. The first-order chi connectivity index (χ1) is 9.02. The van der Waals surface area contributed by atoms with Crippen molar-refractivity contribution < 1.29 is 23.4 Å². The Morgan fingerprint density at radius 1 is 1.42 bits per heavy atom. The van der Waals surface area contributed by atoms with E-state index >= 15 is 0 Å². The van der Waals surface area contributed by atoms with Crippen LogP contribution in [0.1, 0.15) is 5.56 Å². The molecule has 0 radical (unpaired) electrons. The second-order valence-electron chi connectivity index (χ2n) is 3.91. The fraction of sp³-hybridized carbons (Fsp3) is 0.417. The third-order valence-electron chi connectivity index (χ3n) is 2.30. The Balaban J connectivity index is 2.35. The lowest BCUT2D eigenvalue weighted by Gasteiger charge is -2.12. The van der Waals surface area contributed by atoms with Crippen LogP contribution >= 0.6 is 0 Å². The molecule has 0 aliphatic heterocycles. The quantitative estimate of drug-likeness (QED) is 0.717. The molecule has 2 amide bonds. The summed E-state index contributed by atoms with van der Waals surface area (Å²) < 4.78 is 30.8. The van der Waals surface area contributed by atoms with Gasteiger partial charge in [-0.2, -0.15) is 0 Å². The van der Waals surface area contributed by atoms with Gasteiger partial charge in [0.1, 0.15) is 11.6 Å². The zero-order valence-electron chi connectivity index (χ0n) is 10.5. The van der Waals surface area contributed by atoms with Gasteiger partial charge in [-0.05, 0) is 18.2 Å². The van der Waals surface area contributed by atoms with Crippen molar-refractivity contribution in [2.45, 2.75) is 12.6 Å². The predicted molar refractivity (Wildman–Crippen MR) is 64.5 cm³/mol. The molecule has 0 aliphatic rings. The van der Waals surface area contributed by atoms with E-state index in [1.165, 1.54) is 7.11 Å². The number of urea groups is 1. The van der Waals surface area contributed by atoms with Gasteiger partial charge in [-0.1, -0.05) is 0 Å². The van der Waals surface area contributed by atoms with Gasteiger partial charge in [0, 0.05) is 25.8 Å². The summed E-state index contributed by atoms with van der Waals surface area (Å²) in [5, 5.41) is 14.0. The maximum atomic E-state index is 13.2. The maximum Gasteiger partial charge on any atom is 0.315 e. The van der Waals surface area contributed by atoms with Crippen LogP contribution in [0.25, 0.3) is 0 Å². The maximum absolute atomic E-state index is 13.2. The van der Waals surface area contributed by atoms with Gasteiger partial charge >= 0.3 is 6.03 Å². The molecule has 1 unspecified atom stereocenters. The standard InChI is InChI=1S/C12H16F2N2O3/c1-19-7-10(17)6-16-12(18)15-5-8-4-9(13)2-3-11(8)14/h2-4,10,17H,5-7H2,1H3,(H2,15,16,18). The largest absolute Gasteiger partial charge is 0.389 e. The van der Waals surface area contributed by atoms with Crippen LogP contribution < -0.4 is 10.6 Å². The summed E-state index contributed by atoms with van der Waals surface area (Å²) in [4.78, 5) is 11.3. The molecule has 0 fully saturated rings. The molecular weight excluding hydrogens is 258 g/mol. The molecule has 1 atom stereocenters. The summed E-state index contributed by atoms with van der Waals surface area (Å²) in [7, 11) is 1.43. The fourth-order valence-corrected chi connectivity index (χ4v) is 1.38. The number of methoxy groups -OCH3 is 1. The molecule has 0 aromatic heterocycles. The van der Waals surface area contributed by atoms with Crippen molar-refractivity contribution in [2.75, 3.05) is 20.3 Å². The van der Waals surface area contributed by atoms with E-state index < -0.39 is 23.8 Å². The van der Waals surface area contributed by atoms with Crippen LogP contribution in [0.4, 0.5) is 13.6 Å². The second kappa shape index (κ2) is 7.65. The van der Waals surface area contributed by atoms with E-state index in [0.29, 0.717) is 0 Å². The van der Waals surface area contributed by atoms with Gasteiger partial charge in [0.25, 0.3) is 0 Å². The number of rotatable bonds is 6. The number of carbonyl (C=O) groups is 1. The number of carbonyl (C=O) groups excluding carboxylic acids is 1. The van der Waals surface area contributed by atoms with Crippen LogP contribution in [0.15, 0.2) is 18.2 Å². The van der Waals surface area contributed by atoms with Gasteiger partial charge in [0.15, 0.2) is 0 Å². The number of nitrogens with one attached hydrogen (secondary N) is 2. The highest BCUT2D eigenvalue weighted by molar-refractivity contribution is 5.73. The van der Waals surface area contributed by atoms with E-state index in [0.717, 1.165) is 18.2 Å². The highest BCUT2D eigenvalue weighted by Crippen LogP contribution is 2.08. The SMILES string of the molecule is COCC(O)CNC(=O)NCc1cc(F)ccc1F.